The van der Waals surface area contributed by atoms with Gasteiger partial charge in [-0.1, -0.05) is 0 Å². The Labute approximate surface area is 184 Å². The third-order valence-corrected chi connectivity index (χ3v) is 6.90. The van der Waals surface area contributed by atoms with Crippen LogP contribution in [0, 0.1) is 0 Å². The van der Waals surface area contributed by atoms with Gasteiger partial charge in [0, 0.05) is 29.9 Å². The number of carbonyl (C=O) groups is 1. The van der Waals surface area contributed by atoms with Gasteiger partial charge in [-0.3, -0.25) is 9.48 Å². The summed E-state index contributed by atoms with van der Waals surface area (Å²) in [6, 6.07) is 5.56. The fourth-order valence-electron chi connectivity index (χ4n) is 4.09. The van der Waals surface area contributed by atoms with E-state index in [1.165, 1.54) is 4.90 Å². The van der Waals surface area contributed by atoms with Crippen molar-refractivity contribution in [3.8, 4) is 0 Å². The van der Waals surface area contributed by atoms with Crippen LogP contribution in [0.15, 0.2) is 30.5 Å². The summed E-state index contributed by atoms with van der Waals surface area (Å²) in [6.07, 6.45) is -2.82. The maximum atomic E-state index is 13.3. The zero-order valence-electron chi connectivity index (χ0n) is 17.1. The minimum absolute atomic E-state index is 0.107. The molecule has 1 aromatic carbocycles. The van der Waals surface area contributed by atoms with Crippen LogP contribution in [-0.2, 0) is 24.6 Å². The van der Waals surface area contributed by atoms with Gasteiger partial charge in [0.1, 0.15) is 10.7 Å². The smallest absolute Gasteiger partial charge is 0.383 e. The largest absolute Gasteiger partial charge is 0.425 e. The molecule has 0 saturated heterocycles. The van der Waals surface area contributed by atoms with Crippen LogP contribution in [-0.4, -0.2) is 39.2 Å². The number of aromatic nitrogens is 3. The molecule has 11 heteroatoms. The van der Waals surface area contributed by atoms with E-state index in [2.05, 4.69) is 10.1 Å². The third kappa shape index (κ3) is 3.19. The van der Waals surface area contributed by atoms with Gasteiger partial charge in [-0.25, -0.2) is 4.98 Å². The number of alkyl halides is 3. The lowest BCUT2D eigenvalue weighted by molar-refractivity contribution is -0.134. The molecule has 1 unspecified atom stereocenters. The number of pyridine rings is 1. The lowest BCUT2D eigenvalue weighted by Gasteiger charge is -2.31. The number of benzene rings is 1. The Kier molecular flexibility index (Phi) is 4.64. The number of aryl methyl sites for hydroxylation is 1. The number of fused-ring (bicyclic) bond motifs is 4. The molecule has 4 aromatic rings. The van der Waals surface area contributed by atoms with Crippen molar-refractivity contribution < 1.29 is 22.7 Å². The first kappa shape index (κ1) is 20.7. The maximum absolute atomic E-state index is 13.3. The van der Waals surface area contributed by atoms with E-state index >= 15 is 0 Å². The fraction of sp³-hybridized carbons (Fsp3) is 0.286. The van der Waals surface area contributed by atoms with Crippen molar-refractivity contribution in [2.24, 2.45) is 7.05 Å². The quantitative estimate of drug-likeness (QED) is 0.485. The molecule has 0 radical (unpaired) electrons. The molecule has 3 aromatic heterocycles. The highest BCUT2D eigenvalue weighted by atomic mass is 32.1. The van der Waals surface area contributed by atoms with Crippen molar-refractivity contribution in [3.05, 3.63) is 51.3 Å². The number of nitrogen functional groups attached to an aromatic ring is 1. The van der Waals surface area contributed by atoms with Gasteiger partial charge < -0.3 is 15.4 Å². The van der Waals surface area contributed by atoms with E-state index < -0.39 is 17.1 Å². The van der Waals surface area contributed by atoms with E-state index in [9.17, 15) is 18.0 Å². The van der Waals surface area contributed by atoms with Crippen LogP contribution in [0.25, 0.3) is 21.8 Å². The number of hydrogen-bond acceptors (Lipinski definition) is 6. The Hall–Kier alpha value is -3.18. The molecule has 2 N–H and O–H groups in total. The maximum Gasteiger partial charge on any atom is 0.425 e. The molecule has 32 heavy (non-hydrogen) atoms. The molecule has 1 amide bonds. The SMILES string of the molecule is CN(C(=O)c1ccc2nc(N)c3cnn(C)c3c2c1)C1COCc2sc(C(F)(F)F)cc21. The summed E-state index contributed by atoms with van der Waals surface area (Å²) >= 11 is 0.660. The molecule has 0 bridgehead atoms. The summed E-state index contributed by atoms with van der Waals surface area (Å²) < 4.78 is 46.8. The minimum atomic E-state index is -4.43. The van der Waals surface area contributed by atoms with Crippen molar-refractivity contribution in [1.82, 2.24) is 19.7 Å². The highest BCUT2D eigenvalue weighted by molar-refractivity contribution is 7.12. The fourth-order valence-corrected chi connectivity index (χ4v) is 5.11. The Morgan fingerprint density at radius 2 is 2.09 bits per heavy atom. The topological polar surface area (TPSA) is 86.3 Å². The molecule has 4 heterocycles. The van der Waals surface area contributed by atoms with E-state index in [0.717, 1.165) is 11.6 Å². The normalized spacial score (nSPS) is 16.5. The Morgan fingerprint density at radius 1 is 1.31 bits per heavy atom. The summed E-state index contributed by atoms with van der Waals surface area (Å²) in [5.41, 5.74) is 8.26. The van der Waals surface area contributed by atoms with Gasteiger partial charge in [-0.2, -0.15) is 18.3 Å². The number of nitrogens with two attached hydrogens (primary N) is 1. The number of anilines is 1. The average Bonchev–Trinajstić information content (AvgIpc) is 3.37. The molecule has 7 nitrogen and oxygen atoms in total. The van der Waals surface area contributed by atoms with Crippen LogP contribution in [0.2, 0.25) is 0 Å². The second kappa shape index (κ2) is 7.17. The molecular weight excluding hydrogens is 443 g/mol. The molecule has 0 saturated carbocycles. The Bertz CT molecular complexity index is 1380. The van der Waals surface area contributed by atoms with Gasteiger partial charge in [-0.15, -0.1) is 11.3 Å². The van der Waals surface area contributed by atoms with E-state index in [1.54, 1.807) is 43.2 Å². The van der Waals surface area contributed by atoms with Crippen molar-refractivity contribution in [1.29, 1.82) is 0 Å². The molecule has 1 aliphatic heterocycles. The number of likely N-dealkylation sites (N-methyl/N-ethyl adjacent to an activating group) is 1. The van der Waals surface area contributed by atoms with Crippen LogP contribution in [0.3, 0.4) is 0 Å². The van der Waals surface area contributed by atoms with E-state index in [1.807, 2.05) is 0 Å². The number of nitrogens with zero attached hydrogens (tertiary/aromatic N) is 4. The molecular formula is C21H18F3N5O2S. The zero-order chi connectivity index (χ0) is 22.8. The molecule has 0 spiro atoms. The standard InChI is InChI=1S/C21H18F3N5O2S/c1-28(15-8-31-9-16-12(15)6-17(32-16)21(22,23)24)20(30)10-3-4-14-11(5-10)18-13(19(25)27-14)7-26-29(18)2/h3-7,15H,8-9H2,1-2H3,(H2,25,27). The van der Waals surface area contributed by atoms with E-state index in [4.69, 9.17) is 10.5 Å². The molecule has 5 rings (SSSR count). The number of hydrogen-bond donors (Lipinski definition) is 1. The highest BCUT2D eigenvalue weighted by Crippen LogP contribution is 2.42. The van der Waals surface area contributed by atoms with Crippen molar-refractivity contribution in [2.75, 3.05) is 19.4 Å². The van der Waals surface area contributed by atoms with Gasteiger partial charge >= 0.3 is 6.18 Å². The number of rotatable bonds is 2. The van der Waals surface area contributed by atoms with E-state index in [0.29, 0.717) is 49.4 Å². The lowest BCUT2D eigenvalue weighted by atomic mass is 10.0. The van der Waals surface area contributed by atoms with E-state index in [-0.39, 0.29) is 19.1 Å². The van der Waals surface area contributed by atoms with Gasteiger partial charge in [0.25, 0.3) is 5.91 Å². The average molecular weight is 461 g/mol. The minimum Gasteiger partial charge on any atom is -0.383 e. The van der Waals surface area contributed by atoms with Crippen molar-refractivity contribution >= 4 is 44.9 Å². The number of thiophene rings is 1. The molecule has 166 valence electrons. The predicted molar refractivity (Wildman–Crippen MR) is 114 cm³/mol. The van der Waals surface area contributed by atoms with Gasteiger partial charge in [0.05, 0.1) is 41.9 Å². The molecule has 0 aliphatic carbocycles. The zero-order valence-corrected chi connectivity index (χ0v) is 17.9. The summed E-state index contributed by atoms with van der Waals surface area (Å²) in [6.45, 7) is 0.233. The van der Waals surface area contributed by atoms with Crippen LogP contribution in [0.1, 0.15) is 31.7 Å². The monoisotopic (exact) mass is 461 g/mol. The van der Waals surface area contributed by atoms with Gasteiger partial charge in [-0.05, 0) is 29.8 Å². The number of ether oxygens (including phenoxy) is 1. The van der Waals surface area contributed by atoms with Gasteiger partial charge in [0.15, 0.2) is 0 Å². The summed E-state index contributed by atoms with van der Waals surface area (Å²) in [5.74, 6) is 0.0156. The molecule has 1 atom stereocenters. The van der Waals surface area contributed by atoms with Crippen molar-refractivity contribution in [3.63, 3.8) is 0 Å². The highest BCUT2D eigenvalue weighted by Gasteiger charge is 2.37. The Balaban J connectivity index is 1.54. The number of carbonyl (C=O) groups excluding carboxylic acids is 1. The first-order chi connectivity index (χ1) is 15.1. The lowest BCUT2D eigenvalue weighted by Crippen LogP contribution is -2.35. The summed E-state index contributed by atoms with van der Waals surface area (Å²) in [7, 11) is 3.35. The summed E-state index contributed by atoms with van der Waals surface area (Å²) in [4.78, 5) is 18.9. The van der Waals surface area contributed by atoms with Crippen LogP contribution < -0.4 is 5.73 Å². The van der Waals surface area contributed by atoms with Crippen LogP contribution in [0.5, 0.6) is 0 Å². The second-order valence-corrected chi connectivity index (χ2v) is 8.83. The van der Waals surface area contributed by atoms with Crippen molar-refractivity contribution in [2.45, 2.75) is 18.8 Å². The molecule has 1 aliphatic rings. The Morgan fingerprint density at radius 3 is 2.84 bits per heavy atom. The third-order valence-electron chi connectivity index (χ3n) is 5.73. The predicted octanol–water partition coefficient (Wildman–Crippen LogP) is 4.13. The first-order valence-corrected chi connectivity index (χ1v) is 10.5. The van der Waals surface area contributed by atoms with Crippen LogP contribution >= 0.6 is 11.3 Å². The summed E-state index contributed by atoms with van der Waals surface area (Å²) in [5, 5.41) is 5.62. The van der Waals surface area contributed by atoms with Crippen LogP contribution in [0.4, 0.5) is 19.0 Å². The molecule has 0 fully saturated rings. The first-order valence-electron chi connectivity index (χ1n) is 9.71. The van der Waals surface area contributed by atoms with Gasteiger partial charge in [0.2, 0.25) is 0 Å². The number of halogens is 3. The second-order valence-electron chi connectivity index (χ2n) is 7.69. The number of amides is 1.